The van der Waals surface area contributed by atoms with Gasteiger partial charge in [0, 0.05) is 13.1 Å². The van der Waals surface area contributed by atoms with Gasteiger partial charge >= 0.3 is 24.4 Å². The highest BCUT2D eigenvalue weighted by Crippen LogP contribution is 2.26. The fourth-order valence-electron chi connectivity index (χ4n) is 4.92. The van der Waals surface area contributed by atoms with Gasteiger partial charge < -0.3 is 40.2 Å². The first-order valence-corrected chi connectivity index (χ1v) is 14.3. The summed E-state index contributed by atoms with van der Waals surface area (Å²) in [4.78, 5) is 48.0. The van der Waals surface area contributed by atoms with E-state index in [0.717, 1.165) is 11.1 Å². The molecule has 226 valence electrons. The van der Waals surface area contributed by atoms with Crippen molar-refractivity contribution in [3.63, 3.8) is 0 Å². The van der Waals surface area contributed by atoms with Gasteiger partial charge in [-0.2, -0.15) is 0 Å². The number of benzene rings is 2. The summed E-state index contributed by atoms with van der Waals surface area (Å²) in [5.74, 6) is 0. The van der Waals surface area contributed by atoms with Gasteiger partial charge in [-0.05, 0) is 49.7 Å². The number of nitrogens with one attached hydrogen (secondary N) is 4. The molecule has 4 N–H and O–H groups in total. The average Bonchev–Trinajstić information content (AvgIpc) is 3.56. The van der Waals surface area contributed by atoms with E-state index in [1.54, 1.807) is 0 Å². The molecule has 2 aliphatic rings. The van der Waals surface area contributed by atoms with Crippen LogP contribution in [0.5, 0.6) is 0 Å². The van der Waals surface area contributed by atoms with Crippen LogP contribution in [0, 0.1) is 0 Å². The van der Waals surface area contributed by atoms with Gasteiger partial charge in [0.1, 0.15) is 13.2 Å². The van der Waals surface area contributed by atoms with E-state index in [-0.39, 0.29) is 25.3 Å². The maximum absolute atomic E-state index is 12.1. The van der Waals surface area contributed by atoms with Crippen LogP contribution in [-0.4, -0.2) is 61.8 Å². The molecule has 2 aromatic rings. The summed E-state index contributed by atoms with van der Waals surface area (Å²) in [6.07, 6.45) is 0.607. The van der Waals surface area contributed by atoms with E-state index in [9.17, 15) is 19.2 Å². The molecule has 12 nitrogen and oxygen atoms in total. The molecular weight excluding hydrogens is 544 g/mol. The molecule has 0 bridgehead atoms. The van der Waals surface area contributed by atoms with E-state index < -0.39 is 36.6 Å². The summed E-state index contributed by atoms with van der Waals surface area (Å²) < 4.78 is 21.4. The highest BCUT2D eigenvalue weighted by atomic mass is 16.6. The number of hydrogen-bond donors (Lipinski definition) is 4. The van der Waals surface area contributed by atoms with Crippen molar-refractivity contribution in [1.29, 1.82) is 0 Å². The maximum atomic E-state index is 12.1. The zero-order chi connectivity index (χ0) is 29.6. The molecule has 2 aromatic carbocycles. The minimum atomic E-state index is -0.628. The van der Waals surface area contributed by atoms with Gasteiger partial charge in [0.15, 0.2) is 12.2 Å². The Bertz CT molecular complexity index is 1070. The first-order valence-electron chi connectivity index (χ1n) is 14.3. The number of ether oxygens (including phenoxy) is 4. The molecule has 0 aliphatic carbocycles. The van der Waals surface area contributed by atoms with Gasteiger partial charge in [-0.3, -0.25) is 0 Å². The molecule has 2 saturated heterocycles. The van der Waals surface area contributed by atoms with Crippen molar-refractivity contribution >= 4 is 24.4 Å². The first-order chi connectivity index (χ1) is 20.5. The van der Waals surface area contributed by atoms with Crippen LogP contribution in [0.2, 0.25) is 0 Å². The van der Waals surface area contributed by atoms with Crippen molar-refractivity contribution < 1.29 is 38.1 Å². The lowest BCUT2D eigenvalue weighted by molar-refractivity contribution is 0.0157. The third-order valence-corrected chi connectivity index (χ3v) is 7.06. The summed E-state index contributed by atoms with van der Waals surface area (Å²) in [6, 6.07) is 18.2. The molecule has 4 amide bonds. The standard InChI is InChI=1S/C30H38N4O8/c35-27(39-19-21-11-3-1-4-12-21)31-17-9-7-15-23-25(41-29(37)33-23)26-24(34-30(38)42-26)16-8-10-18-32-28(36)40-20-22-13-5-2-6-14-22/h1-6,11-14,23-26H,7-10,15-20H2,(H,31,35)(H,32,36)(H,33,37)(H,34,38)/t23-,24-,25+,26+/m0/s1. The molecule has 0 aromatic heterocycles. The Morgan fingerprint density at radius 1 is 0.643 bits per heavy atom. The molecule has 2 fully saturated rings. The molecule has 42 heavy (non-hydrogen) atoms. The number of rotatable bonds is 15. The Morgan fingerprint density at radius 2 is 1.05 bits per heavy atom. The third kappa shape index (κ3) is 9.86. The summed E-state index contributed by atoms with van der Waals surface area (Å²) in [6.45, 7) is 1.26. The first kappa shape index (κ1) is 30.5. The predicted molar refractivity (Wildman–Crippen MR) is 151 cm³/mol. The van der Waals surface area contributed by atoms with E-state index in [0.29, 0.717) is 51.6 Å². The fourth-order valence-corrected chi connectivity index (χ4v) is 4.92. The van der Waals surface area contributed by atoms with Crippen molar-refractivity contribution in [1.82, 2.24) is 21.3 Å². The normalized spacial score (nSPS) is 21.0. The van der Waals surface area contributed by atoms with Crippen LogP contribution >= 0.6 is 0 Å². The number of alkyl carbamates (subject to hydrolysis) is 4. The second kappa shape index (κ2) is 16.1. The van der Waals surface area contributed by atoms with Gasteiger partial charge in [0.05, 0.1) is 12.1 Å². The lowest BCUT2D eigenvalue weighted by Gasteiger charge is -2.25. The summed E-state index contributed by atoms with van der Waals surface area (Å²) in [5, 5.41) is 11.1. The minimum absolute atomic E-state index is 0.201. The zero-order valence-corrected chi connectivity index (χ0v) is 23.4. The molecule has 0 radical (unpaired) electrons. The highest BCUT2D eigenvalue weighted by molar-refractivity contribution is 5.72. The number of carbonyl (C=O) groups excluding carboxylic acids is 4. The van der Waals surface area contributed by atoms with Crippen LogP contribution < -0.4 is 21.3 Å². The maximum Gasteiger partial charge on any atom is 0.407 e. The quantitative estimate of drug-likeness (QED) is 0.181. The van der Waals surface area contributed by atoms with Crippen molar-refractivity contribution in [3.05, 3.63) is 71.8 Å². The molecule has 2 heterocycles. The van der Waals surface area contributed by atoms with Gasteiger partial charge in [-0.15, -0.1) is 0 Å². The minimum Gasteiger partial charge on any atom is -0.445 e. The van der Waals surface area contributed by atoms with E-state index in [1.807, 2.05) is 60.7 Å². The average molecular weight is 583 g/mol. The fraction of sp³-hybridized carbons (Fsp3) is 0.467. The topological polar surface area (TPSA) is 153 Å². The molecule has 4 rings (SSSR count). The summed E-state index contributed by atoms with van der Waals surface area (Å²) in [5.41, 5.74) is 1.82. The van der Waals surface area contributed by atoms with Gasteiger partial charge in [-0.25, -0.2) is 19.2 Å². The Hall–Kier alpha value is -4.48. The second-order valence-corrected chi connectivity index (χ2v) is 10.2. The van der Waals surface area contributed by atoms with Crippen LogP contribution in [0.15, 0.2) is 60.7 Å². The molecule has 2 aliphatic heterocycles. The zero-order valence-electron chi connectivity index (χ0n) is 23.4. The van der Waals surface area contributed by atoms with Crippen LogP contribution in [0.4, 0.5) is 19.2 Å². The molecule has 4 atom stereocenters. The molecule has 0 saturated carbocycles. The third-order valence-electron chi connectivity index (χ3n) is 7.06. The van der Waals surface area contributed by atoms with E-state index >= 15 is 0 Å². The number of hydrogen-bond acceptors (Lipinski definition) is 8. The molecule has 12 heteroatoms. The van der Waals surface area contributed by atoms with Crippen LogP contribution in [0.1, 0.15) is 49.7 Å². The molecule has 0 unspecified atom stereocenters. The SMILES string of the molecule is O=C(NCCCC[C@@H]1NC(=O)O[C@H]1[C@@H]1OC(=O)N[C@H]1CCCCNC(=O)OCc1ccccc1)OCc1ccccc1. The lowest BCUT2D eigenvalue weighted by atomic mass is 9.94. The Kier molecular flexibility index (Phi) is 11.7. The Labute approximate surface area is 244 Å². The molecular formula is C30H38N4O8. The van der Waals surface area contributed by atoms with Gasteiger partial charge in [-0.1, -0.05) is 60.7 Å². The van der Waals surface area contributed by atoms with Crippen molar-refractivity contribution in [3.8, 4) is 0 Å². The lowest BCUT2D eigenvalue weighted by Crippen LogP contribution is -2.46. The number of cyclic esters (lactones) is 2. The van der Waals surface area contributed by atoms with Crippen molar-refractivity contribution in [2.45, 2.75) is 76.0 Å². The van der Waals surface area contributed by atoms with Crippen molar-refractivity contribution in [2.75, 3.05) is 13.1 Å². The van der Waals surface area contributed by atoms with E-state index in [4.69, 9.17) is 18.9 Å². The van der Waals surface area contributed by atoms with E-state index in [1.165, 1.54) is 0 Å². The smallest absolute Gasteiger partial charge is 0.407 e. The Balaban J connectivity index is 1.11. The summed E-state index contributed by atoms with van der Waals surface area (Å²) >= 11 is 0. The van der Waals surface area contributed by atoms with Gasteiger partial charge in [0.2, 0.25) is 0 Å². The van der Waals surface area contributed by atoms with Crippen LogP contribution in [-0.2, 0) is 32.2 Å². The number of unbranched alkanes of at least 4 members (excludes halogenated alkanes) is 2. The molecule has 0 spiro atoms. The Morgan fingerprint density at radius 3 is 1.45 bits per heavy atom. The predicted octanol–water partition coefficient (Wildman–Crippen LogP) is 4.13. The largest absolute Gasteiger partial charge is 0.445 e. The highest BCUT2D eigenvalue weighted by Gasteiger charge is 2.48. The number of amides is 4. The van der Waals surface area contributed by atoms with E-state index in [2.05, 4.69) is 21.3 Å². The van der Waals surface area contributed by atoms with Crippen LogP contribution in [0.25, 0.3) is 0 Å². The monoisotopic (exact) mass is 582 g/mol. The van der Waals surface area contributed by atoms with Crippen molar-refractivity contribution in [2.24, 2.45) is 0 Å². The summed E-state index contributed by atoms with van der Waals surface area (Å²) in [7, 11) is 0. The van der Waals surface area contributed by atoms with Crippen LogP contribution in [0.3, 0.4) is 0 Å². The second-order valence-electron chi connectivity index (χ2n) is 10.2. The number of carbonyl (C=O) groups is 4. The van der Waals surface area contributed by atoms with Gasteiger partial charge in [0.25, 0.3) is 0 Å².